The molecule has 0 atom stereocenters. The van der Waals surface area contributed by atoms with E-state index in [4.69, 9.17) is 4.52 Å². The zero-order valence-corrected chi connectivity index (χ0v) is 13.6. The Morgan fingerprint density at radius 2 is 1.88 bits per heavy atom. The fraction of sp³-hybridized carbons (Fsp3) is 0.250. The summed E-state index contributed by atoms with van der Waals surface area (Å²) in [6, 6.07) is 8.95. The van der Waals surface area contributed by atoms with Gasteiger partial charge in [-0.3, -0.25) is 4.90 Å². The number of thiophene rings is 1. The van der Waals surface area contributed by atoms with Gasteiger partial charge in [-0.25, -0.2) is 0 Å². The van der Waals surface area contributed by atoms with Crippen molar-refractivity contribution in [1.82, 2.24) is 15.0 Å². The lowest BCUT2D eigenvalue weighted by molar-refractivity contribution is -0.137. The van der Waals surface area contributed by atoms with Gasteiger partial charge < -0.3 is 4.52 Å². The predicted octanol–water partition coefficient (Wildman–Crippen LogP) is 4.45. The SMILES string of the molecule is CN(Cc1ccc(C(F)(F)F)cc1)Cc1nc(-c2cccs2)no1. The third-order valence-electron chi connectivity index (χ3n) is 3.35. The first kappa shape index (κ1) is 16.7. The van der Waals surface area contributed by atoms with Gasteiger partial charge in [0.1, 0.15) is 0 Å². The van der Waals surface area contributed by atoms with Crippen molar-refractivity contribution in [3.8, 4) is 10.7 Å². The summed E-state index contributed by atoms with van der Waals surface area (Å²) in [5, 5.41) is 5.86. The van der Waals surface area contributed by atoms with Crippen LogP contribution in [0.5, 0.6) is 0 Å². The Labute approximate surface area is 140 Å². The van der Waals surface area contributed by atoms with Crippen LogP contribution in [-0.4, -0.2) is 22.1 Å². The summed E-state index contributed by atoms with van der Waals surface area (Å²) in [5.74, 6) is 1.01. The largest absolute Gasteiger partial charge is 0.416 e. The highest BCUT2D eigenvalue weighted by Crippen LogP contribution is 2.29. The van der Waals surface area contributed by atoms with Crippen molar-refractivity contribution in [2.45, 2.75) is 19.3 Å². The Morgan fingerprint density at radius 1 is 1.12 bits per heavy atom. The summed E-state index contributed by atoms with van der Waals surface area (Å²) in [5.41, 5.74) is 0.134. The Bertz CT molecular complexity index is 782. The van der Waals surface area contributed by atoms with E-state index in [2.05, 4.69) is 10.1 Å². The maximum absolute atomic E-state index is 12.6. The number of halogens is 3. The predicted molar refractivity (Wildman–Crippen MR) is 84.2 cm³/mol. The summed E-state index contributed by atoms with van der Waals surface area (Å²) in [7, 11) is 1.84. The highest BCUT2D eigenvalue weighted by atomic mass is 32.1. The number of rotatable bonds is 5. The fourth-order valence-electron chi connectivity index (χ4n) is 2.22. The van der Waals surface area contributed by atoms with Crippen molar-refractivity contribution in [3.63, 3.8) is 0 Å². The normalized spacial score (nSPS) is 12.0. The second kappa shape index (κ2) is 6.74. The Hall–Kier alpha value is -2.19. The minimum Gasteiger partial charge on any atom is -0.338 e. The molecule has 0 aliphatic heterocycles. The molecule has 8 heteroatoms. The zero-order chi connectivity index (χ0) is 17.2. The fourth-order valence-corrected chi connectivity index (χ4v) is 2.87. The molecule has 2 heterocycles. The molecule has 3 aromatic rings. The summed E-state index contributed by atoms with van der Waals surface area (Å²) < 4.78 is 42.9. The molecule has 0 unspecified atom stereocenters. The van der Waals surface area contributed by atoms with Gasteiger partial charge in [0.25, 0.3) is 0 Å². The maximum Gasteiger partial charge on any atom is 0.416 e. The smallest absolute Gasteiger partial charge is 0.338 e. The number of nitrogens with zero attached hydrogens (tertiary/aromatic N) is 3. The number of alkyl halides is 3. The Balaban J connectivity index is 1.60. The van der Waals surface area contributed by atoms with Gasteiger partial charge in [0.05, 0.1) is 17.0 Å². The summed E-state index contributed by atoms with van der Waals surface area (Å²) in [4.78, 5) is 7.15. The van der Waals surface area contributed by atoms with E-state index >= 15 is 0 Å². The minimum atomic E-state index is -4.31. The molecule has 0 saturated carbocycles. The van der Waals surface area contributed by atoms with Crippen LogP contribution in [0.4, 0.5) is 13.2 Å². The second-order valence-electron chi connectivity index (χ2n) is 5.36. The first-order valence-corrected chi connectivity index (χ1v) is 8.01. The maximum atomic E-state index is 12.6. The van der Waals surface area contributed by atoms with Crippen LogP contribution in [0.1, 0.15) is 17.0 Å². The van der Waals surface area contributed by atoms with Crippen LogP contribution in [0.25, 0.3) is 10.7 Å². The molecule has 0 bridgehead atoms. The Morgan fingerprint density at radius 3 is 2.50 bits per heavy atom. The average Bonchev–Trinajstić information content (AvgIpc) is 3.17. The molecule has 0 aliphatic carbocycles. The molecule has 0 aliphatic rings. The van der Waals surface area contributed by atoms with E-state index < -0.39 is 11.7 Å². The Kier molecular flexibility index (Phi) is 4.68. The molecule has 0 amide bonds. The number of aromatic nitrogens is 2. The van der Waals surface area contributed by atoms with E-state index in [0.717, 1.165) is 22.6 Å². The lowest BCUT2D eigenvalue weighted by atomic mass is 10.1. The van der Waals surface area contributed by atoms with E-state index in [1.165, 1.54) is 23.5 Å². The van der Waals surface area contributed by atoms with Gasteiger partial charge in [-0.1, -0.05) is 23.4 Å². The van der Waals surface area contributed by atoms with Crippen LogP contribution < -0.4 is 0 Å². The van der Waals surface area contributed by atoms with Crippen LogP contribution in [-0.2, 0) is 19.3 Å². The molecular formula is C16H14F3N3OS. The summed E-state index contributed by atoms with van der Waals surface area (Å²) in [6.45, 7) is 0.897. The monoisotopic (exact) mass is 353 g/mol. The van der Waals surface area contributed by atoms with E-state index in [1.807, 2.05) is 29.5 Å². The van der Waals surface area contributed by atoms with E-state index in [1.54, 1.807) is 0 Å². The molecule has 0 radical (unpaired) electrons. The van der Waals surface area contributed by atoms with Crippen molar-refractivity contribution >= 4 is 11.3 Å². The van der Waals surface area contributed by atoms with Gasteiger partial charge in [0.15, 0.2) is 0 Å². The van der Waals surface area contributed by atoms with Crippen molar-refractivity contribution < 1.29 is 17.7 Å². The van der Waals surface area contributed by atoms with Crippen molar-refractivity contribution in [2.24, 2.45) is 0 Å². The van der Waals surface area contributed by atoms with Gasteiger partial charge in [-0.2, -0.15) is 18.2 Å². The minimum absolute atomic E-state index is 0.416. The van der Waals surface area contributed by atoms with Gasteiger partial charge in [-0.15, -0.1) is 11.3 Å². The quantitative estimate of drug-likeness (QED) is 0.680. The molecule has 4 nitrogen and oxygen atoms in total. The van der Waals surface area contributed by atoms with Crippen molar-refractivity contribution in [1.29, 1.82) is 0 Å². The average molecular weight is 353 g/mol. The lowest BCUT2D eigenvalue weighted by Gasteiger charge is -2.14. The van der Waals surface area contributed by atoms with Crippen LogP contribution in [0.2, 0.25) is 0 Å². The van der Waals surface area contributed by atoms with Gasteiger partial charge in [-0.05, 0) is 36.2 Å². The van der Waals surface area contributed by atoms with Crippen molar-refractivity contribution in [2.75, 3.05) is 7.05 Å². The summed E-state index contributed by atoms with van der Waals surface area (Å²) >= 11 is 1.52. The molecule has 2 aromatic heterocycles. The van der Waals surface area contributed by atoms with Crippen LogP contribution >= 0.6 is 11.3 Å². The topological polar surface area (TPSA) is 42.2 Å². The molecule has 24 heavy (non-hydrogen) atoms. The number of hydrogen-bond acceptors (Lipinski definition) is 5. The molecular weight excluding hydrogens is 339 g/mol. The third-order valence-corrected chi connectivity index (χ3v) is 4.21. The van der Waals surface area contributed by atoms with E-state index in [0.29, 0.717) is 24.8 Å². The molecule has 0 saturated heterocycles. The molecule has 126 valence electrons. The van der Waals surface area contributed by atoms with Crippen LogP contribution in [0, 0.1) is 0 Å². The van der Waals surface area contributed by atoms with Crippen molar-refractivity contribution in [3.05, 3.63) is 58.8 Å². The van der Waals surface area contributed by atoms with Crippen LogP contribution in [0.3, 0.4) is 0 Å². The number of hydrogen-bond donors (Lipinski definition) is 0. The molecule has 1 aromatic carbocycles. The van der Waals surface area contributed by atoms with Crippen LogP contribution in [0.15, 0.2) is 46.3 Å². The highest BCUT2D eigenvalue weighted by molar-refractivity contribution is 7.13. The standard InChI is InChI=1S/C16H14F3N3OS/c1-22(9-11-4-6-12(7-5-11)16(17,18)19)10-14-20-15(21-23-14)13-3-2-8-24-13/h2-8H,9-10H2,1H3. The van der Waals surface area contributed by atoms with E-state index in [9.17, 15) is 13.2 Å². The summed E-state index contributed by atoms with van der Waals surface area (Å²) in [6.07, 6.45) is -4.31. The molecule has 0 fully saturated rings. The first-order valence-electron chi connectivity index (χ1n) is 7.13. The molecule has 0 spiro atoms. The van der Waals surface area contributed by atoms with Gasteiger partial charge in [0.2, 0.25) is 11.7 Å². The third kappa shape index (κ3) is 4.01. The highest BCUT2D eigenvalue weighted by Gasteiger charge is 2.29. The van der Waals surface area contributed by atoms with E-state index in [-0.39, 0.29) is 0 Å². The lowest BCUT2D eigenvalue weighted by Crippen LogP contribution is -2.17. The molecule has 0 N–H and O–H groups in total. The second-order valence-corrected chi connectivity index (χ2v) is 6.30. The first-order chi connectivity index (χ1) is 11.4. The zero-order valence-electron chi connectivity index (χ0n) is 12.7. The van der Waals surface area contributed by atoms with Gasteiger partial charge in [0, 0.05) is 6.54 Å². The molecule has 3 rings (SSSR count). The van der Waals surface area contributed by atoms with Gasteiger partial charge >= 0.3 is 6.18 Å². The number of benzene rings is 1.